The predicted octanol–water partition coefficient (Wildman–Crippen LogP) is 2.08. The number of carboxylic acid groups (broad SMARTS) is 1. The molecule has 2 N–H and O–H groups in total. The summed E-state index contributed by atoms with van der Waals surface area (Å²) in [7, 11) is -2.72. The minimum Gasteiger partial charge on any atom is -0.496 e. The molecule has 1 rings (SSSR count). The number of carbonyl (C=O) groups is 2. The molecule has 0 spiro atoms. The van der Waals surface area contributed by atoms with Crippen LogP contribution in [0.4, 0.5) is 0 Å². The third-order valence-corrected chi connectivity index (χ3v) is 5.61. The zero-order chi connectivity index (χ0) is 21.2. The summed E-state index contributed by atoms with van der Waals surface area (Å²) < 4.78 is 38.1. The van der Waals surface area contributed by atoms with Crippen LogP contribution in [0.15, 0.2) is 11.0 Å². The highest BCUT2D eigenvalue weighted by Gasteiger charge is 2.32. The molecular weight excluding hydrogens is 374 g/mol. The van der Waals surface area contributed by atoms with Gasteiger partial charge in [0.25, 0.3) is 0 Å². The molecule has 0 amide bonds. The van der Waals surface area contributed by atoms with E-state index >= 15 is 0 Å². The molecular formula is C18H27NO7S. The molecule has 0 fully saturated rings. The number of rotatable bonds is 7. The molecule has 0 aliphatic carbocycles. The number of aliphatic carboxylic acids is 1. The monoisotopic (exact) mass is 401 g/mol. The average molecular weight is 401 g/mol. The molecule has 0 bridgehead atoms. The molecule has 0 heterocycles. The smallest absolute Gasteiger partial charge is 0.322 e. The predicted molar refractivity (Wildman–Crippen MR) is 99.4 cm³/mol. The lowest BCUT2D eigenvalue weighted by Crippen LogP contribution is -2.43. The minimum absolute atomic E-state index is 0.0313. The lowest BCUT2D eigenvalue weighted by molar-refractivity contribution is -0.158. The molecule has 152 valence electrons. The minimum atomic E-state index is -4.20. The number of sulfonamides is 1. The van der Waals surface area contributed by atoms with Crippen LogP contribution in [0.1, 0.15) is 43.9 Å². The number of methoxy groups -OCH3 is 1. The second-order valence-electron chi connectivity index (χ2n) is 7.28. The van der Waals surface area contributed by atoms with E-state index in [0.29, 0.717) is 22.4 Å². The lowest BCUT2D eigenvalue weighted by atomic mass is 10.1. The van der Waals surface area contributed by atoms with Crippen molar-refractivity contribution in [3.05, 3.63) is 22.8 Å². The molecule has 0 unspecified atom stereocenters. The van der Waals surface area contributed by atoms with E-state index in [-0.39, 0.29) is 4.90 Å². The van der Waals surface area contributed by atoms with Gasteiger partial charge in [-0.15, -0.1) is 0 Å². The van der Waals surface area contributed by atoms with Crippen molar-refractivity contribution in [1.82, 2.24) is 4.72 Å². The van der Waals surface area contributed by atoms with Crippen molar-refractivity contribution in [2.45, 2.75) is 64.5 Å². The van der Waals surface area contributed by atoms with E-state index in [1.165, 1.54) is 7.11 Å². The maximum Gasteiger partial charge on any atom is 0.322 e. The standard InChI is InChI=1S/C18H27NO7S/c1-10-8-14(25-7)11(2)12(3)16(10)27(23,24)19-13(17(21)22)9-15(20)26-18(4,5)6/h8,13,19H,9H2,1-7H3,(H,21,22)/t13-/m0/s1. The van der Waals surface area contributed by atoms with E-state index in [0.717, 1.165) is 0 Å². The van der Waals surface area contributed by atoms with Crippen LogP contribution in [-0.4, -0.2) is 44.2 Å². The Morgan fingerprint density at radius 2 is 1.74 bits per heavy atom. The molecule has 27 heavy (non-hydrogen) atoms. The molecule has 0 saturated heterocycles. The topological polar surface area (TPSA) is 119 Å². The Balaban J connectivity index is 3.22. The Morgan fingerprint density at radius 1 is 1.19 bits per heavy atom. The second kappa shape index (κ2) is 8.26. The van der Waals surface area contributed by atoms with Crippen LogP contribution in [0, 0.1) is 20.8 Å². The number of nitrogens with one attached hydrogen (secondary N) is 1. The maximum atomic E-state index is 12.8. The van der Waals surface area contributed by atoms with Crippen molar-refractivity contribution in [3.8, 4) is 5.75 Å². The van der Waals surface area contributed by atoms with Gasteiger partial charge in [0.15, 0.2) is 0 Å². The Bertz CT molecular complexity index is 838. The van der Waals surface area contributed by atoms with Crippen molar-refractivity contribution in [1.29, 1.82) is 0 Å². The molecule has 1 aromatic rings. The molecule has 1 atom stereocenters. The summed E-state index contributed by atoms with van der Waals surface area (Å²) in [6.45, 7) is 9.82. The third-order valence-electron chi connectivity index (χ3n) is 3.85. The molecule has 9 heteroatoms. The quantitative estimate of drug-likeness (QED) is 0.671. The Morgan fingerprint density at radius 3 is 2.19 bits per heavy atom. The van der Waals surface area contributed by atoms with Crippen LogP contribution in [0.5, 0.6) is 5.75 Å². The van der Waals surface area contributed by atoms with Gasteiger partial charge >= 0.3 is 11.9 Å². The van der Waals surface area contributed by atoms with E-state index in [1.807, 2.05) is 0 Å². The summed E-state index contributed by atoms with van der Waals surface area (Å²) in [6.07, 6.45) is -0.626. The fourth-order valence-corrected chi connectivity index (χ4v) is 4.34. The number of aryl methyl sites for hydroxylation is 1. The molecule has 0 aliphatic heterocycles. The lowest BCUT2D eigenvalue weighted by Gasteiger charge is -2.22. The number of benzene rings is 1. The zero-order valence-corrected chi connectivity index (χ0v) is 17.5. The number of carboxylic acids is 1. The number of hydrogen-bond acceptors (Lipinski definition) is 6. The first-order valence-corrected chi connectivity index (χ1v) is 9.79. The van der Waals surface area contributed by atoms with Gasteiger partial charge < -0.3 is 14.6 Å². The number of ether oxygens (including phenoxy) is 2. The second-order valence-corrected chi connectivity index (χ2v) is 8.93. The zero-order valence-electron chi connectivity index (χ0n) is 16.7. The first kappa shape index (κ1) is 22.9. The maximum absolute atomic E-state index is 12.8. The number of carbonyl (C=O) groups excluding carboxylic acids is 1. The third kappa shape index (κ3) is 5.93. The molecule has 0 radical (unpaired) electrons. The first-order valence-electron chi connectivity index (χ1n) is 8.31. The van der Waals surface area contributed by atoms with Crippen LogP contribution >= 0.6 is 0 Å². The van der Waals surface area contributed by atoms with Crippen molar-refractivity contribution in [3.63, 3.8) is 0 Å². The molecule has 0 aliphatic rings. The Kier molecular flexibility index (Phi) is 7.01. The van der Waals surface area contributed by atoms with E-state index in [9.17, 15) is 23.1 Å². The van der Waals surface area contributed by atoms with Gasteiger partial charge in [0.1, 0.15) is 17.4 Å². The summed E-state index contributed by atoms with van der Waals surface area (Å²) in [4.78, 5) is 23.4. The fourth-order valence-electron chi connectivity index (χ4n) is 2.62. The first-order chi connectivity index (χ1) is 12.2. The van der Waals surface area contributed by atoms with E-state index in [1.54, 1.807) is 47.6 Å². The van der Waals surface area contributed by atoms with Crippen LogP contribution in [-0.2, 0) is 24.3 Å². The van der Waals surface area contributed by atoms with Crippen LogP contribution in [0.2, 0.25) is 0 Å². The average Bonchev–Trinajstić information content (AvgIpc) is 2.47. The van der Waals surface area contributed by atoms with Gasteiger partial charge in [-0.2, -0.15) is 4.72 Å². The Labute approximate surface area is 159 Å². The van der Waals surface area contributed by atoms with Crippen LogP contribution < -0.4 is 9.46 Å². The number of hydrogen-bond donors (Lipinski definition) is 2. The largest absolute Gasteiger partial charge is 0.496 e. The molecule has 1 aromatic carbocycles. The highest BCUT2D eigenvalue weighted by atomic mass is 32.2. The highest BCUT2D eigenvalue weighted by molar-refractivity contribution is 7.89. The highest BCUT2D eigenvalue weighted by Crippen LogP contribution is 2.30. The van der Waals surface area contributed by atoms with Crippen LogP contribution in [0.3, 0.4) is 0 Å². The van der Waals surface area contributed by atoms with E-state index < -0.39 is 40.0 Å². The van der Waals surface area contributed by atoms with Crippen molar-refractivity contribution in [2.24, 2.45) is 0 Å². The fraction of sp³-hybridized carbons (Fsp3) is 0.556. The molecule has 8 nitrogen and oxygen atoms in total. The summed E-state index contributed by atoms with van der Waals surface area (Å²) in [5.74, 6) is -1.74. The van der Waals surface area contributed by atoms with Gasteiger partial charge in [-0.3, -0.25) is 9.59 Å². The molecule has 0 saturated carbocycles. The Hall–Kier alpha value is -2.13. The van der Waals surface area contributed by atoms with Gasteiger partial charge in [0.2, 0.25) is 10.0 Å². The summed E-state index contributed by atoms with van der Waals surface area (Å²) in [5.41, 5.74) is 0.673. The van der Waals surface area contributed by atoms with Crippen molar-refractivity contribution in [2.75, 3.05) is 7.11 Å². The van der Waals surface area contributed by atoms with Gasteiger partial charge in [0.05, 0.1) is 18.4 Å². The van der Waals surface area contributed by atoms with Gasteiger partial charge in [0, 0.05) is 0 Å². The van der Waals surface area contributed by atoms with E-state index in [2.05, 4.69) is 4.72 Å². The van der Waals surface area contributed by atoms with Crippen molar-refractivity contribution >= 4 is 22.0 Å². The SMILES string of the molecule is COc1cc(C)c(S(=O)(=O)N[C@@H](CC(=O)OC(C)(C)C)C(=O)O)c(C)c1C. The van der Waals surface area contributed by atoms with E-state index in [4.69, 9.17) is 9.47 Å². The van der Waals surface area contributed by atoms with Crippen LogP contribution in [0.25, 0.3) is 0 Å². The number of esters is 1. The summed E-state index contributed by atoms with van der Waals surface area (Å²) in [5, 5.41) is 9.35. The van der Waals surface area contributed by atoms with Crippen molar-refractivity contribution < 1.29 is 32.6 Å². The summed E-state index contributed by atoms with van der Waals surface area (Å²) in [6, 6.07) is -0.0772. The summed E-state index contributed by atoms with van der Waals surface area (Å²) >= 11 is 0. The van der Waals surface area contributed by atoms with Gasteiger partial charge in [-0.1, -0.05) is 0 Å². The van der Waals surface area contributed by atoms with Gasteiger partial charge in [-0.05, 0) is 64.3 Å². The normalized spacial score (nSPS) is 13.1. The molecule has 0 aromatic heterocycles. The van der Waals surface area contributed by atoms with Gasteiger partial charge in [-0.25, -0.2) is 8.42 Å².